The van der Waals surface area contributed by atoms with Gasteiger partial charge in [-0.05, 0) is 0 Å². The molecule has 0 unspecified atom stereocenters. The van der Waals surface area contributed by atoms with Crippen LogP contribution in [0.1, 0.15) is 31.1 Å². The molecule has 0 amide bonds. The predicted octanol–water partition coefficient (Wildman–Crippen LogP) is 2.76. The third kappa shape index (κ3) is 3.24. The summed E-state index contributed by atoms with van der Waals surface area (Å²) in [6.07, 6.45) is 1.51. The molecule has 0 saturated heterocycles. The highest BCUT2D eigenvalue weighted by atomic mass is 16.1. The lowest BCUT2D eigenvalue weighted by molar-refractivity contribution is 0.104. The first kappa shape index (κ1) is 11.5. The zero-order valence-corrected chi connectivity index (χ0v) is 9.45. The lowest BCUT2D eigenvalue weighted by atomic mass is 9.91. The van der Waals surface area contributed by atoms with E-state index in [0.29, 0.717) is 11.3 Å². The maximum Gasteiger partial charge on any atom is 0.187 e. The van der Waals surface area contributed by atoms with Gasteiger partial charge in [0, 0.05) is 22.8 Å². The molecule has 0 radical (unpaired) electrons. The minimum Gasteiger partial charge on any atom is -0.401 e. The van der Waals surface area contributed by atoms with Crippen LogP contribution in [-0.2, 0) is 0 Å². The molecule has 80 valence electrons. The summed E-state index contributed by atoms with van der Waals surface area (Å²) < 4.78 is 0. The van der Waals surface area contributed by atoms with Crippen LogP contribution in [0.3, 0.4) is 0 Å². The maximum atomic E-state index is 11.7. The molecule has 0 saturated carbocycles. The molecule has 2 heteroatoms. The lowest BCUT2D eigenvalue weighted by Gasteiger charge is -2.18. The zero-order chi connectivity index (χ0) is 11.5. The smallest absolute Gasteiger partial charge is 0.187 e. The Kier molecular flexibility index (Phi) is 3.30. The third-order valence-corrected chi connectivity index (χ3v) is 2.21. The highest BCUT2D eigenvalue weighted by molar-refractivity contribution is 6.04. The topological polar surface area (TPSA) is 43.1 Å². The molecule has 2 nitrogen and oxygen atoms in total. The van der Waals surface area contributed by atoms with Crippen molar-refractivity contribution in [3.63, 3.8) is 0 Å². The van der Waals surface area contributed by atoms with Crippen LogP contribution in [0.2, 0.25) is 0 Å². The minimum absolute atomic E-state index is 0.0389. The quantitative estimate of drug-likeness (QED) is 0.593. The number of nitrogens with two attached hydrogens (primary N) is 1. The van der Waals surface area contributed by atoms with Crippen molar-refractivity contribution in [2.75, 3.05) is 0 Å². The molecule has 15 heavy (non-hydrogen) atoms. The maximum absolute atomic E-state index is 11.7. The summed E-state index contributed by atoms with van der Waals surface area (Å²) in [5, 5.41) is 0. The number of hydrogen-bond donors (Lipinski definition) is 1. The molecule has 2 N–H and O–H groups in total. The summed E-state index contributed by atoms with van der Waals surface area (Å²) in [6, 6.07) is 9.14. The Morgan fingerprint density at radius 3 is 2.20 bits per heavy atom. The number of benzene rings is 1. The number of carbonyl (C=O) groups is 1. The fourth-order valence-corrected chi connectivity index (χ4v) is 1.04. The summed E-state index contributed by atoms with van der Waals surface area (Å²) in [5.74, 6) is -0.0389. The van der Waals surface area contributed by atoms with Crippen molar-refractivity contribution >= 4 is 5.78 Å². The first-order chi connectivity index (χ1) is 6.91. The van der Waals surface area contributed by atoms with E-state index in [2.05, 4.69) is 0 Å². The highest BCUT2D eigenvalue weighted by Crippen LogP contribution is 2.20. The fraction of sp³-hybridized carbons (Fsp3) is 0.308. The van der Waals surface area contributed by atoms with Crippen molar-refractivity contribution in [2.24, 2.45) is 11.1 Å². The zero-order valence-electron chi connectivity index (χ0n) is 9.45. The van der Waals surface area contributed by atoms with Gasteiger partial charge in [-0.3, -0.25) is 4.79 Å². The molecule has 1 rings (SSSR count). The molecule has 0 aliphatic carbocycles. The molecule has 0 aromatic heterocycles. The highest BCUT2D eigenvalue weighted by Gasteiger charge is 2.15. The van der Waals surface area contributed by atoms with E-state index in [-0.39, 0.29) is 11.2 Å². The largest absolute Gasteiger partial charge is 0.401 e. The predicted molar refractivity (Wildman–Crippen MR) is 62.5 cm³/mol. The number of carbonyl (C=O) groups excluding carboxylic acids is 1. The molecule has 0 fully saturated rings. The van der Waals surface area contributed by atoms with Gasteiger partial charge < -0.3 is 5.73 Å². The van der Waals surface area contributed by atoms with Crippen LogP contribution in [0.4, 0.5) is 0 Å². The van der Waals surface area contributed by atoms with E-state index >= 15 is 0 Å². The molecule has 0 heterocycles. The van der Waals surface area contributed by atoms with Gasteiger partial charge >= 0.3 is 0 Å². The average molecular weight is 203 g/mol. The number of ketones is 1. The van der Waals surface area contributed by atoms with Gasteiger partial charge in [0.1, 0.15) is 0 Å². The van der Waals surface area contributed by atoms with Crippen molar-refractivity contribution in [1.82, 2.24) is 0 Å². The molecule has 0 aliphatic rings. The Morgan fingerprint density at radius 2 is 1.73 bits per heavy atom. The summed E-state index contributed by atoms with van der Waals surface area (Å²) >= 11 is 0. The first-order valence-corrected chi connectivity index (χ1v) is 4.98. The van der Waals surface area contributed by atoms with Crippen LogP contribution in [-0.4, -0.2) is 5.78 Å². The molecule has 0 atom stereocenters. The second-order valence-corrected chi connectivity index (χ2v) is 4.58. The SMILES string of the molecule is CC(C)(C)C(N)=CC(=O)c1ccccc1. The van der Waals surface area contributed by atoms with E-state index < -0.39 is 0 Å². The van der Waals surface area contributed by atoms with Gasteiger partial charge in [0.25, 0.3) is 0 Å². The van der Waals surface area contributed by atoms with E-state index in [4.69, 9.17) is 5.73 Å². The molecule has 1 aromatic carbocycles. The fourth-order valence-electron chi connectivity index (χ4n) is 1.04. The Hall–Kier alpha value is -1.57. The van der Waals surface area contributed by atoms with Crippen molar-refractivity contribution in [1.29, 1.82) is 0 Å². The molecule has 1 aromatic rings. The summed E-state index contributed by atoms with van der Waals surface area (Å²) in [6.45, 7) is 5.95. The van der Waals surface area contributed by atoms with Gasteiger partial charge in [-0.2, -0.15) is 0 Å². The summed E-state index contributed by atoms with van der Waals surface area (Å²) in [7, 11) is 0. The van der Waals surface area contributed by atoms with Crippen LogP contribution in [0.5, 0.6) is 0 Å². The van der Waals surface area contributed by atoms with Gasteiger partial charge in [0.05, 0.1) is 0 Å². The van der Waals surface area contributed by atoms with Gasteiger partial charge in [-0.25, -0.2) is 0 Å². The number of rotatable bonds is 2. The van der Waals surface area contributed by atoms with Crippen LogP contribution >= 0.6 is 0 Å². The van der Waals surface area contributed by atoms with Crippen LogP contribution in [0, 0.1) is 5.41 Å². The molecular weight excluding hydrogens is 186 g/mol. The second kappa shape index (κ2) is 4.30. The summed E-state index contributed by atoms with van der Waals surface area (Å²) in [5.41, 5.74) is 6.95. The average Bonchev–Trinajstić information content (AvgIpc) is 2.17. The van der Waals surface area contributed by atoms with Gasteiger partial charge in [0.2, 0.25) is 0 Å². The van der Waals surface area contributed by atoms with Crippen molar-refractivity contribution < 1.29 is 4.79 Å². The minimum atomic E-state index is -0.162. The van der Waals surface area contributed by atoms with Crippen LogP contribution in [0.15, 0.2) is 42.1 Å². The Morgan fingerprint density at radius 1 is 1.20 bits per heavy atom. The van der Waals surface area contributed by atoms with E-state index in [9.17, 15) is 4.79 Å². The normalized spacial score (nSPS) is 12.6. The van der Waals surface area contributed by atoms with Crippen molar-refractivity contribution in [2.45, 2.75) is 20.8 Å². The first-order valence-electron chi connectivity index (χ1n) is 4.98. The number of allylic oxidation sites excluding steroid dienone is 2. The van der Waals surface area contributed by atoms with Gasteiger partial charge in [-0.1, -0.05) is 51.1 Å². The van der Waals surface area contributed by atoms with Gasteiger partial charge in [-0.15, -0.1) is 0 Å². The van der Waals surface area contributed by atoms with E-state index in [1.807, 2.05) is 39.0 Å². The molecular formula is C13H17NO. The monoisotopic (exact) mass is 203 g/mol. The Balaban J connectivity index is 2.90. The molecule has 0 aliphatic heterocycles. The second-order valence-electron chi connectivity index (χ2n) is 4.58. The van der Waals surface area contributed by atoms with Gasteiger partial charge in [0.15, 0.2) is 5.78 Å². The number of hydrogen-bond acceptors (Lipinski definition) is 2. The van der Waals surface area contributed by atoms with Crippen LogP contribution in [0.25, 0.3) is 0 Å². The van der Waals surface area contributed by atoms with Crippen molar-refractivity contribution in [3.8, 4) is 0 Å². The van der Waals surface area contributed by atoms with E-state index in [0.717, 1.165) is 0 Å². The third-order valence-electron chi connectivity index (χ3n) is 2.21. The standard InChI is InChI=1S/C13H17NO/c1-13(2,3)12(14)9-11(15)10-7-5-4-6-8-10/h4-9H,14H2,1-3H3. The summed E-state index contributed by atoms with van der Waals surface area (Å²) in [4.78, 5) is 11.7. The van der Waals surface area contributed by atoms with E-state index in [1.54, 1.807) is 12.1 Å². The Bertz CT molecular complexity index is 371. The van der Waals surface area contributed by atoms with E-state index in [1.165, 1.54) is 6.08 Å². The van der Waals surface area contributed by atoms with Crippen LogP contribution < -0.4 is 5.73 Å². The molecule has 0 bridgehead atoms. The molecule has 0 spiro atoms. The Labute approximate surface area is 90.8 Å². The lowest BCUT2D eigenvalue weighted by Crippen LogP contribution is -2.18. The van der Waals surface area contributed by atoms with Crippen molar-refractivity contribution in [3.05, 3.63) is 47.7 Å².